The number of hydrogen-bond donors (Lipinski definition) is 0. The van der Waals surface area contributed by atoms with Crippen LogP contribution >= 0.6 is 0 Å². The van der Waals surface area contributed by atoms with E-state index in [0.717, 1.165) is 17.8 Å². The van der Waals surface area contributed by atoms with Crippen molar-refractivity contribution in [1.29, 1.82) is 0 Å². The SMILES string of the molecule is C=CC1CCC1C(C)C. The van der Waals surface area contributed by atoms with Crippen molar-refractivity contribution in [1.82, 2.24) is 0 Å². The highest BCUT2D eigenvalue weighted by atomic mass is 14.3. The van der Waals surface area contributed by atoms with Crippen LogP contribution in [0.25, 0.3) is 0 Å². The number of allylic oxidation sites excluding steroid dienone is 1. The van der Waals surface area contributed by atoms with Crippen molar-refractivity contribution in [3.8, 4) is 0 Å². The monoisotopic (exact) mass is 124 g/mol. The van der Waals surface area contributed by atoms with Gasteiger partial charge in [-0.15, -0.1) is 6.58 Å². The van der Waals surface area contributed by atoms with Gasteiger partial charge in [-0.1, -0.05) is 19.9 Å². The second-order valence-electron chi connectivity index (χ2n) is 3.38. The zero-order chi connectivity index (χ0) is 6.85. The molecule has 2 unspecified atom stereocenters. The Hall–Kier alpha value is -0.260. The van der Waals surface area contributed by atoms with Crippen LogP contribution in [0.5, 0.6) is 0 Å². The lowest BCUT2D eigenvalue weighted by Crippen LogP contribution is -2.28. The molecule has 52 valence electrons. The summed E-state index contributed by atoms with van der Waals surface area (Å²) in [5.41, 5.74) is 0. The van der Waals surface area contributed by atoms with E-state index in [9.17, 15) is 0 Å². The second kappa shape index (κ2) is 2.55. The van der Waals surface area contributed by atoms with Crippen LogP contribution in [0.15, 0.2) is 12.7 Å². The maximum absolute atomic E-state index is 3.82. The largest absolute Gasteiger partial charge is 0.103 e. The molecule has 9 heavy (non-hydrogen) atoms. The van der Waals surface area contributed by atoms with Gasteiger partial charge in [0.1, 0.15) is 0 Å². The van der Waals surface area contributed by atoms with Crippen LogP contribution in [0.2, 0.25) is 0 Å². The molecule has 0 bridgehead atoms. The minimum Gasteiger partial charge on any atom is -0.103 e. The fourth-order valence-corrected chi connectivity index (χ4v) is 1.67. The molecule has 1 rings (SSSR count). The van der Waals surface area contributed by atoms with Crippen molar-refractivity contribution < 1.29 is 0 Å². The van der Waals surface area contributed by atoms with E-state index in [0.29, 0.717) is 0 Å². The highest BCUT2D eigenvalue weighted by Gasteiger charge is 2.30. The molecule has 0 aliphatic heterocycles. The highest BCUT2D eigenvalue weighted by Crippen LogP contribution is 2.39. The predicted octanol–water partition coefficient (Wildman–Crippen LogP) is 2.85. The molecule has 0 aromatic carbocycles. The van der Waals surface area contributed by atoms with Crippen LogP contribution in [0.4, 0.5) is 0 Å². The average molecular weight is 124 g/mol. The Labute approximate surface area is 58.0 Å². The van der Waals surface area contributed by atoms with E-state index >= 15 is 0 Å². The standard InChI is InChI=1S/C9H16/c1-4-8-5-6-9(8)7(2)3/h4,7-9H,1,5-6H2,2-3H3. The molecule has 0 radical (unpaired) electrons. The first-order valence-corrected chi connectivity index (χ1v) is 3.88. The fourth-order valence-electron chi connectivity index (χ4n) is 1.67. The van der Waals surface area contributed by atoms with Gasteiger partial charge in [0.05, 0.1) is 0 Å². The Morgan fingerprint density at radius 2 is 2.11 bits per heavy atom. The van der Waals surface area contributed by atoms with Crippen LogP contribution in [0.3, 0.4) is 0 Å². The van der Waals surface area contributed by atoms with E-state index in [1.54, 1.807) is 0 Å². The maximum atomic E-state index is 3.82. The summed E-state index contributed by atoms with van der Waals surface area (Å²) >= 11 is 0. The summed E-state index contributed by atoms with van der Waals surface area (Å²) in [5.74, 6) is 2.65. The summed E-state index contributed by atoms with van der Waals surface area (Å²) in [6, 6.07) is 0. The van der Waals surface area contributed by atoms with Crippen molar-refractivity contribution >= 4 is 0 Å². The van der Waals surface area contributed by atoms with Crippen LogP contribution in [-0.2, 0) is 0 Å². The van der Waals surface area contributed by atoms with E-state index < -0.39 is 0 Å². The molecule has 0 amide bonds. The molecule has 1 saturated carbocycles. The van der Waals surface area contributed by atoms with E-state index in [-0.39, 0.29) is 0 Å². The molecule has 0 N–H and O–H groups in total. The smallest absolute Gasteiger partial charge is 0.0205 e. The predicted molar refractivity (Wildman–Crippen MR) is 41.2 cm³/mol. The minimum absolute atomic E-state index is 0.838. The first-order valence-electron chi connectivity index (χ1n) is 3.88. The second-order valence-corrected chi connectivity index (χ2v) is 3.38. The summed E-state index contributed by atoms with van der Waals surface area (Å²) in [4.78, 5) is 0. The van der Waals surface area contributed by atoms with Gasteiger partial charge in [0.15, 0.2) is 0 Å². The van der Waals surface area contributed by atoms with E-state index in [4.69, 9.17) is 0 Å². The molecule has 0 aromatic heterocycles. The normalized spacial score (nSPS) is 34.1. The Bertz CT molecular complexity index is 103. The van der Waals surface area contributed by atoms with Gasteiger partial charge in [-0.2, -0.15) is 0 Å². The lowest BCUT2D eigenvalue weighted by Gasteiger charge is -2.37. The quantitative estimate of drug-likeness (QED) is 0.496. The van der Waals surface area contributed by atoms with Crippen molar-refractivity contribution in [3.63, 3.8) is 0 Å². The molecule has 1 aliphatic rings. The summed E-state index contributed by atoms with van der Waals surface area (Å²) < 4.78 is 0. The molecule has 0 heteroatoms. The minimum atomic E-state index is 0.838. The number of rotatable bonds is 2. The van der Waals surface area contributed by atoms with Crippen molar-refractivity contribution in [2.24, 2.45) is 17.8 Å². The molecule has 0 spiro atoms. The molecule has 0 aromatic rings. The average Bonchev–Trinajstić information content (AvgIpc) is 1.61. The molecule has 1 fully saturated rings. The third-order valence-electron chi connectivity index (χ3n) is 2.54. The third-order valence-corrected chi connectivity index (χ3v) is 2.54. The van der Waals surface area contributed by atoms with E-state index in [2.05, 4.69) is 26.5 Å². The Morgan fingerprint density at radius 1 is 1.44 bits per heavy atom. The van der Waals surface area contributed by atoms with Gasteiger partial charge in [0, 0.05) is 0 Å². The maximum Gasteiger partial charge on any atom is -0.0205 e. The summed E-state index contributed by atoms with van der Waals surface area (Å²) in [6.45, 7) is 8.43. The first kappa shape index (κ1) is 6.85. The molecular weight excluding hydrogens is 108 g/mol. The van der Waals surface area contributed by atoms with Gasteiger partial charge in [-0.3, -0.25) is 0 Å². The van der Waals surface area contributed by atoms with Crippen molar-refractivity contribution in [2.45, 2.75) is 26.7 Å². The van der Waals surface area contributed by atoms with Crippen LogP contribution in [0, 0.1) is 17.8 Å². The molecule has 1 aliphatic carbocycles. The van der Waals surface area contributed by atoms with E-state index in [1.165, 1.54) is 12.8 Å². The fraction of sp³-hybridized carbons (Fsp3) is 0.778. The van der Waals surface area contributed by atoms with Crippen LogP contribution in [-0.4, -0.2) is 0 Å². The van der Waals surface area contributed by atoms with Gasteiger partial charge in [-0.05, 0) is 30.6 Å². The molecular formula is C9H16. The molecule has 0 nitrogen and oxygen atoms in total. The van der Waals surface area contributed by atoms with Crippen molar-refractivity contribution in [2.75, 3.05) is 0 Å². The molecule has 2 atom stereocenters. The van der Waals surface area contributed by atoms with Crippen LogP contribution < -0.4 is 0 Å². The topological polar surface area (TPSA) is 0 Å². The lowest BCUT2D eigenvalue weighted by atomic mass is 9.68. The third kappa shape index (κ3) is 1.17. The summed E-state index contributed by atoms with van der Waals surface area (Å²) in [5, 5.41) is 0. The molecule has 0 saturated heterocycles. The summed E-state index contributed by atoms with van der Waals surface area (Å²) in [7, 11) is 0. The zero-order valence-electron chi connectivity index (χ0n) is 6.43. The molecule has 0 heterocycles. The first-order chi connectivity index (χ1) is 4.25. The summed E-state index contributed by atoms with van der Waals surface area (Å²) in [6.07, 6.45) is 4.93. The van der Waals surface area contributed by atoms with Crippen molar-refractivity contribution in [3.05, 3.63) is 12.7 Å². The Kier molecular flexibility index (Phi) is 1.94. The van der Waals surface area contributed by atoms with Gasteiger partial charge in [0.25, 0.3) is 0 Å². The Morgan fingerprint density at radius 3 is 2.22 bits per heavy atom. The Balaban J connectivity index is 2.35. The van der Waals surface area contributed by atoms with Gasteiger partial charge < -0.3 is 0 Å². The number of hydrogen-bond acceptors (Lipinski definition) is 0. The van der Waals surface area contributed by atoms with Gasteiger partial charge >= 0.3 is 0 Å². The highest BCUT2D eigenvalue weighted by molar-refractivity contribution is 4.93. The van der Waals surface area contributed by atoms with Gasteiger partial charge in [0.2, 0.25) is 0 Å². The van der Waals surface area contributed by atoms with Crippen LogP contribution in [0.1, 0.15) is 26.7 Å². The zero-order valence-corrected chi connectivity index (χ0v) is 6.43. The van der Waals surface area contributed by atoms with E-state index in [1.807, 2.05) is 0 Å². The lowest BCUT2D eigenvalue weighted by molar-refractivity contribution is 0.164. The van der Waals surface area contributed by atoms with Gasteiger partial charge in [-0.25, -0.2) is 0 Å².